The van der Waals surface area contributed by atoms with Gasteiger partial charge in [0.05, 0.1) is 4.88 Å². The zero-order valence-electron chi connectivity index (χ0n) is 12.6. The number of amides is 1. The summed E-state index contributed by atoms with van der Waals surface area (Å²) in [5, 5.41) is 11.6. The quantitative estimate of drug-likeness (QED) is 0.848. The van der Waals surface area contributed by atoms with Crippen LogP contribution in [0.5, 0.6) is 0 Å². The van der Waals surface area contributed by atoms with Crippen LogP contribution in [0.2, 0.25) is 0 Å². The number of carbonyl (C=O) groups excluding carboxylic acids is 1. The van der Waals surface area contributed by atoms with Crippen molar-refractivity contribution in [1.82, 2.24) is 5.32 Å². The maximum absolute atomic E-state index is 12.2. The predicted molar refractivity (Wildman–Crippen MR) is 83.9 cm³/mol. The number of aliphatic carboxylic acids is 1. The molecule has 0 fully saturated rings. The van der Waals surface area contributed by atoms with Crippen molar-refractivity contribution in [2.24, 2.45) is 11.8 Å². The van der Waals surface area contributed by atoms with E-state index in [0.29, 0.717) is 18.9 Å². The minimum absolute atomic E-state index is 0.0239. The Morgan fingerprint density at radius 1 is 1.52 bits per heavy atom. The second-order valence-electron chi connectivity index (χ2n) is 6.15. The number of carboxylic acids is 1. The first-order valence-corrected chi connectivity index (χ1v) is 8.39. The molecule has 0 aliphatic heterocycles. The molecule has 2 atom stereocenters. The van der Waals surface area contributed by atoms with E-state index in [1.807, 2.05) is 13.0 Å². The summed E-state index contributed by atoms with van der Waals surface area (Å²) in [7, 11) is 0. The van der Waals surface area contributed by atoms with Crippen LogP contribution in [0.4, 0.5) is 0 Å². The first-order valence-electron chi connectivity index (χ1n) is 7.57. The average Bonchev–Trinajstić information content (AvgIpc) is 2.85. The molecule has 21 heavy (non-hydrogen) atoms. The fourth-order valence-electron chi connectivity index (χ4n) is 2.64. The van der Waals surface area contributed by atoms with Gasteiger partial charge in [-0.2, -0.15) is 0 Å². The zero-order chi connectivity index (χ0) is 15.4. The van der Waals surface area contributed by atoms with Crippen LogP contribution >= 0.6 is 11.3 Å². The van der Waals surface area contributed by atoms with Gasteiger partial charge in [-0.3, -0.25) is 9.59 Å². The topological polar surface area (TPSA) is 66.4 Å². The molecule has 2 rings (SSSR count). The van der Waals surface area contributed by atoms with Gasteiger partial charge in [0, 0.05) is 17.8 Å². The Morgan fingerprint density at radius 2 is 2.29 bits per heavy atom. The van der Waals surface area contributed by atoms with E-state index in [1.165, 1.54) is 16.9 Å². The summed E-state index contributed by atoms with van der Waals surface area (Å²) < 4.78 is 0. The number of aryl methyl sites for hydroxylation is 1. The molecule has 2 N–H and O–H groups in total. The first kappa shape index (κ1) is 16.0. The van der Waals surface area contributed by atoms with Crippen molar-refractivity contribution >= 4 is 23.2 Å². The van der Waals surface area contributed by atoms with Gasteiger partial charge in [-0.1, -0.05) is 13.8 Å². The molecule has 1 heterocycles. The number of hydrogen-bond acceptors (Lipinski definition) is 3. The summed E-state index contributed by atoms with van der Waals surface area (Å²) in [6.45, 7) is 4.75. The molecular weight excluding hydrogens is 286 g/mol. The van der Waals surface area contributed by atoms with Crippen molar-refractivity contribution in [2.45, 2.75) is 46.0 Å². The summed E-state index contributed by atoms with van der Waals surface area (Å²) in [4.78, 5) is 24.8. The highest BCUT2D eigenvalue weighted by Gasteiger charge is 2.20. The van der Waals surface area contributed by atoms with Crippen LogP contribution in [-0.2, 0) is 17.6 Å². The Labute approximate surface area is 129 Å². The minimum Gasteiger partial charge on any atom is -0.481 e. The van der Waals surface area contributed by atoms with Crippen LogP contribution in [0.1, 0.15) is 53.2 Å². The SMILES string of the molecule is CC(CCC(=O)O)CNC(=O)c1cc2c(s1)CCC(C)C2. The normalized spacial score (nSPS) is 18.9. The molecule has 4 nitrogen and oxygen atoms in total. The van der Waals surface area contributed by atoms with Crippen LogP contribution in [0.15, 0.2) is 6.07 Å². The monoisotopic (exact) mass is 309 g/mol. The van der Waals surface area contributed by atoms with Crippen molar-refractivity contribution in [3.63, 3.8) is 0 Å². The van der Waals surface area contributed by atoms with Gasteiger partial charge >= 0.3 is 5.97 Å². The largest absolute Gasteiger partial charge is 0.481 e. The smallest absolute Gasteiger partial charge is 0.303 e. The number of carboxylic acid groups (broad SMARTS) is 1. The average molecular weight is 309 g/mol. The number of rotatable bonds is 6. The molecule has 1 aliphatic carbocycles. The third-order valence-electron chi connectivity index (χ3n) is 4.02. The predicted octanol–water partition coefficient (Wildman–Crippen LogP) is 3.10. The lowest BCUT2D eigenvalue weighted by Gasteiger charge is -2.16. The molecule has 0 bridgehead atoms. The molecule has 5 heteroatoms. The van der Waals surface area contributed by atoms with E-state index in [2.05, 4.69) is 12.2 Å². The number of thiophene rings is 1. The summed E-state index contributed by atoms with van der Waals surface area (Å²) in [5.41, 5.74) is 1.34. The number of carbonyl (C=O) groups is 2. The van der Waals surface area contributed by atoms with Crippen molar-refractivity contribution < 1.29 is 14.7 Å². The fraction of sp³-hybridized carbons (Fsp3) is 0.625. The second kappa shape index (κ2) is 7.07. The maximum atomic E-state index is 12.2. The molecule has 1 aliphatic rings. The van der Waals surface area contributed by atoms with Gasteiger partial charge in [0.15, 0.2) is 0 Å². The Bertz CT molecular complexity index is 524. The number of fused-ring (bicyclic) bond motifs is 1. The molecule has 0 saturated carbocycles. The van der Waals surface area contributed by atoms with Gasteiger partial charge < -0.3 is 10.4 Å². The Hall–Kier alpha value is -1.36. The standard InChI is InChI=1S/C16H23NO3S/c1-10-3-5-13-12(7-10)8-14(21-13)16(20)17-9-11(2)4-6-15(18)19/h8,10-11H,3-7,9H2,1-2H3,(H,17,20)(H,18,19). The highest BCUT2D eigenvalue weighted by molar-refractivity contribution is 7.14. The van der Waals surface area contributed by atoms with Gasteiger partial charge in [-0.25, -0.2) is 0 Å². The van der Waals surface area contributed by atoms with E-state index in [1.54, 1.807) is 11.3 Å². The molecule has 2 unspecified atom stereocenters. The lowest BCUT2D eigenvalue weighted by atomic mass is 9.90. The maximum Gasteiger partial charge on any atom is 0.303 e. The van der Waals surface area contributed by atoms with Crippen molar-refractivity contribution in [2.75, 3.05) is 6.54 Å². The third-order valence-corrected chi connectivity index (χ3v) is 5.25. The molecule has 0 saturated heterocycles. The molecule has 1 amide bonds. The molecule has 1 aromatic rings. The van der Waals surface area contributed by atoms with Gasteiger partial charge in [-0.15, -0.1) is 11.3 Å². The lowest BCUT2D eigenvalue weighted by Crippen LogP contribution is -2.27. The lowest BCUT2D eigenvalue weighted by molar-refractivity contribution is -0.137. The zero-order valence-corrected chi connectivity index (χ0v) is 13.5. The van der Waals surface area contributed by atoms with Crippen LogP contribution in [-0.4, -0.2) is 23.5 Å². The van der Waals surface area contributed by atoms with Crippen LogP contribution in [0, 0.1) is 11.8 Å². The van der Waals surface area contributed by atoms with E-state index >= 15 is 0 Å². The van der Waals surface area contributed by atoms with Crippen LogP contribution in [0.25, 0.3) is 0 Å². The minimum atomic E-state index is -0.784. The summed E-state index contributed by atoms with van der Waals surface area (Å²) in [6, 6.07) is 2.03. The molecule has 0 radical (unpaired) electrons. The van der Waals surface area contributed by atoms with Crippen LogP contribution < -0.4 is 5.32 Å². The number of hydrogen-bond donors (Lipinski definition) is 2. The fourth-order valence-corrected chi connectivity index (χ4v) is 3.77. The molecule has 1 aromatic heterocycles. The summed E-state index contributed by atoms with van der Waals surface area (Å²) in [6.07, 6.45) is 4.12. The Morgan fingerprint density at radius 3 is 3.00 bits per heavy atom. The summed E-state index contributed by atoms with van der Waals surface area (Å²) >= 11 is 1.61. The van der Waals surface area contributed by atoms with Crippen molar-refractivity contribution in [3.8, 4) is 0 Å². The van der Waals surface area contributed by atoms with Gasteiger partial charge in [0.25, 0.3) is 5.91 Å². The Balaban J connectivity index is 1.85. The van der Waals surface area contributed by atoms with Crippen molar-refractivity contribution in [1.29, 1.82) is 0 Å². The molecule has 116 valence electrons. The first-order chi connectivity index (χ1) is 9.95. The summed E-state index contributed by atoms with van der Waals surface area (Å²) in [5.74, 6) is 0.0798. The van der Waals surface area contributed by atoms with Crippen LogP contribution in [0.3, 0.4) is 0 Å². The van der Waals surface area contributed by atoms with E-state index in [4.69, 9.17) is 5.11 Å². The highest BCUT2D eigenvalue weighted by atomic mass is 32.1. The molecule has 0 spiro atoms. The van der Waals surface area contributed by atoms with E-state index in [9.17, 15) is 9.59 Å². The number of nitrogens with one attached hydrogen (secondary N) is 1. The van der Waals surface area contributed by atoms with Gasteiger partial charge in [0.2, 0.25) is 0 Å². The van der Waals surface area contributed by atoms with E-state index in [-0.39, 0.29) is 18.2 Å². The van der Waals surface area contributed by atoms with Gasteiger partial charge in [0.1, 0.15) is 0 Å². The van der Waals surface area contributed by atoms with E-state index in [0.717, 1.165) is 17.7 Å². The van der Waals surface area contributed by atoms with Gasteiger partial charge in [-0.05, 0) is 49.1 Å². The molecular formula is C16H23NO3S. The highest BCUT2D eigenvalue weighted by Crippen LogP contribution is 2.32. The third kappa shape index (κ3) is 4.56. The van der Waals surface area contributed by atoms with Crippen molar-refractivity contribution in [3.05, 3.63) is 21.4 Å². The Kier molecular flexibility index (Phi) is 5.39. The second-order valence-corrected chi connectivity index (χ2v) is 7.29. The van der Waals surface area contributed by atoms with E-state index < -0.39 is 5.97 Å². The molecule has 0 aromatic carbocycles.